The van der Waals surface area contributed by atoms with Gasteiger partial charge < -0.3 is 14.7 Å². The number of benzene rings is 1. The van der Waals surface area contributed by atoms with Crippen molar-refractivity contribution in [2.24, 2.45) is 5.92 Å². The minimum Gasteiger partial charge on any atom is -0.507 e. The number of ether oxygens (including phenoxy) is 1. The Bertz CT molecular complexity index is 1120. The Morgan fingerprint density at radius 3 is 2.46 bits per heavy atom. The van der Waals surface area contributed by atoms with Gasteiger partial charge in [0.1, 0.15) is 11.5 Å². The molecule has 1 aromatic carbocycles. The molecule has 0 radical (unpaired) electrons. The molecule has 7 nitrogen and oxygen atoms in total. The van der Waals surface area contributed by atoms with Gasteiger partial charge in [0, 0.05) is 11.5 Å². The Morgan fingerprint density at radius 1 is 1.10 bits per heavy atom. The monoisotopic (exact) mass is 590 g/mol. The third-order valence-electron chi connectivity index (χ3n) is 8.46. The summed E-state index contributed by atoms with van der Waals surface area (Å²) in [7, 11) is -4.51. The van der Waals surface area contributed by atoms with E-state index in [1.54, 1.807) is 6.07 Å². The average Bonchev–Trinajstić information content (AvgIpc) is 2.90. The predicted octanol–water partition coefficient (Wildman–Crippen LogP) is 9.07. The van der Waals surface area contributed by atoms with Crippen LogP contribution < -0.4 is 4.74 Å². The molecule has 0 heterocycles. The first-order valence-corrected chi connectivity index (χ1v) is 17.1. The van der Waals surface area contributed by atoms with Crippen molar-refractivity contribution >= 4 is 13.8 Å². The van der Waals surface area contributed by atoms with E-state index in [1.165, 1.54) is 5.57 Å². The Labute approximate surface area is 247 Å². The standard InChI is InChI=1S/C33H51O7P/c1-6-8-9-10-14-20-38-41(36,37)40-33(18-12-11-13-19-33)32(35)39-30-23-26(15-7-2)22-29(34)31(30)28-21-25(5)16-17-27(28)24(3)4/h21-23,27-28,34H,3,6-20H2,1-2,4-5H3,(H,36,37)/t27-,28+/m0/s1. The molecule has 2 N–H and O–H groups in total. The number of hydrogen-bond acceptors (Lipinski definition) is 6. The van der Waals surface area contributed by atoms with Crippen molar-refractivity contribution < 1.29 is 33.1 Å². The summed E-state index contributed by atoms with van der Waals surface area (Å²) in [6.45, 7) is 12.5. The molecule has 3 rings (SSSR count). The number of carbonyl (C=O) groups is 1. The van der Waals surface area contributed by atoms with E-state index in [4.69, 9.17) is 13.8 Å². The summed E-state index contributed by atoms with van der Waals surface area (Å²) in [6, 6.07) is 3.58. The molecule has 0 amide bonds. The molecule has 1 fully saturated rings. The van der Waals surface area contributed by atoms with Crippen molar-refractivity contribution in [3.8, 4) is 11.5 Å². The van der Waals surface area contributed by atoms with Crippen LogP contribution in [0.25, 0.3) is 0 Å². The van der Waals surface area contributed by atoms with Crippen LogP contribution in [0.4, 0.5) is 0 Å². The summed E-state index contributed by atoms with van der Waals surface area (Å²) < 4.78 is 30.2. The largest absolute Gasteiger partial charge is 0.507 e. The molecule has 2 aliphatic rings. The summed E-state index contributed by atoms with van der Waals surface area (Å²) in [5.41, 5.74) is 2.03. The van der Waals surface area contributed by atoms with Crippen molar-refractivity contribution in [3.05, 3.63) is 47.1 Å². The summed E-state index contributed by atoms with van der Waals surface area (Å²) in [5, 5.41) is 11.3. The lowest BCUT2D eigenvalue weighted by molar-refractivity contribution is -0.157. The molecule has 0 aromatic heterocycles. The molecule has 230 valence electrons. The number of rotatable bonds is 15. The number of allylic oxidation sites excluding steroid dienone is 3. The van der Waals surface area contributed by atoms with Crippen molar-refractivity contribution in [3.63, 3.8) is 0 Å². The second-order valence-corrected chi connectivity index (χ2v) is 13.4. The fourth-order valence-corrected chi connectivity index (χ4v) is 7.32. The van der Waals surface area contributed by atoms with Gasteiger partial charge >= 0.3 is 13.8 Å². The second-order valence-electron chi connectivity index (χ2n) is 12.1. The van der Waals surface area contributed by atoms with Gasteiger partial charge in [0.25, 0.3) is 0 Å². The minimum atomic E-state index is -4.51. The highest BCUT2D eigenvalue weighted by atomic mass is 31.2. The molecule has 8 heteroatoms. The van der Waals surface area contributed by atoms with E-state index in [1.807, 2.05) is 13.0 Å². The van der Waals surface area contributed by atoms with Gasteiger partial charge in [-0.15, -0.1) is 0 Å². The highest BCUT2D eigenvalue weighted by molar-refractivity contribution is 7.47. The van der Waals surface area contributed by atoms with Gasteiger partial charge in [-0.25, -0.2) is 9.36 Å². The van der Waals surface area contributed by atoms with E-state index in [9.17, 15) is 19.4 Å². The normalized spacial score (nSPS) is 22.0. The molecule has 0 saturated heterocycles. The van der Waals surface area contributed by atoms with Crippen LogP contribution in [0.1, 0.15) is 128 Å². The first-order valence-electron chi connectivity index (χ1n) is 15.6. The maximum absolute atomic E-state index is 14.0. The summed E-state index contributed by atoms with van der Waals surface area (Å²) >= 11 is 0. The van der Waals surface area contributed by atoms with Gasteiger partial charge in [-0.2, -0.15) is 0 Å². The van der Waals surface area contributed by atoms with Crippen LogP contribution in [0.3, 0.4) is 0 Å². The van der Waals surface area contributed by atoms with Crippen LogP contribution in [0.15, 0.2) is 35.9 Å². The molecule has 1 saturated carbocycles. The molecule has 2 aliphatic carbocycles. The fraction of sp³-hybridized carbons (Fsp3) is 0.667. The average molecular weight is 591 g/mol. The van der Waals surface area contributed by atoms with Crippen LogP contribution in [-0.4, -0.2) is 28.2 Å². The van der Waals surface area contributed by atoms with Gasteiger partial charge in [-0.1, -0.05) is 76.2 Å². The zero-order valence-electron chi connectivity index (χ0n) is 25.6. The number of phenols is 1. The lowest BCUT2D eigenvalue weighted by Gasteiger charge is -2.36. The number of carbonyl (C=O) groups excluding carboxylic acids is 1. The van der Waals surface area contributed by atoms with Crippen molar-refractivity contribution in [1.82, 2.24) is 0 Å². The Kier molecular flexibility index (Phi) is 12.7. The molecule has 41 heavy (non-hydrogen) atoms. The number of phosphoric ester groups is 1. The highest BCUT2D eigenvalue weighted by Gasteiger charge is 2.48. The molecular weight excluding hydrogens is 539 g/mol. The SMILES string of the molecule is C=C(C)[C@@H]1CCC(C)=C[C@H]1c1c(O)cc(CCC)cc1OC(=O)C1(OP(=O)(O)OCCCCCCC)CCCCC1. The smallest absolute Gasteiger partial charge is 0.473 e. The Morgan fingerprint density at radius 2 is 1.80 bits per heavy atom. The molecular formula is C33H51O7P. The molecule has 1 aromatic rings. The topological polar surface area (TPSA) is 102 Å². The molecule has 1 unspecified atom stereocenters. The second kappa shape index (κ2) is 15.5. The molecule has 0 aliphatic heterocycles. The minimum absolute atomic E-state index is 0.0822. The van der Waals surface area contributed by atoms with Crippen LogP contribution in [0.2, 0.25) is 0 Å². The molecule has 0 bridgehead atoms. The van der Waals surface area contributed by atoms with Crippen LogP contribution >= 0.6 is 7.82 Å². The van der Waals surface area contributed by atoms with Gasteiger partial charge in [0.15, 0.2) is 5.60 Å². The third-order valence-corrected chi connectivity index (χ3v) is 9.55. The molecule has 0 spiro atoms. The van der Waals surface area contributed by atoms with E-state index in [0.717, 1.165) is 62.5 Å². The summed E-state index contributed by atoms with van der Waals surface area (Å²) in [4.78, 5) is 24.6. The van der Waals surface area contributed by atoms with E-state index in [2.05, 4.69) is 33.4 Å². The zero-order chi connectivity index (χ0) is 30.0. The van der Waals surface area contributed by atoms with Gasteiger partial charge in [-0.05, 0) is 88.8 Å². The lowest BCUT2D eigenvalue weighted by atomic mass is 9.73. The van der Waals surface area contributed by atoms with E-state index in [0.29, 0.717) is 31.2 Å². The van der Waals surface area contributed by atoms with Crippen LogP contribution in [0, 0.1) is 5.92 Å². The van der Waals surface area contributed by atoms with E-state index >= 15 is 0 Å². The van der Waals surface area contributed by atoms with Crippen molar-refractivity contribution in [1.29, 1.82) is 0 Å². The third kappa shape index (κ3) is 9.28. The number of hydrogen-bond donors (Lipinski definition) is 2. The summed E-state index contributed by atoms with van der Waals surface area (Å²) in [5.74, 6) is -0.474. The number of esters is 1. The maximum atomic E-state index is 14.0. The van der Waals surface area contributed by atoms with Gasteiger partial charge in [0.05, 0.1) is 6.61 Å². The van der Waals surface area contributed by atoms with E-state index in [-0.39, 0.29) is 42.8 Å². The van der Waals surface area contributed by atoms with Crippen LogP contribution in [0.5, 0.6) is 11.5 Å². The number of unbranched alkanes of at least 4 members (excludes halogenated alkanes) is 4. The fourth-order valence-electron chi connectivity index (χ4n) is 6.21. The van der Waals surface area contributed by atoms with Gasteiger partial charge in [-0.3, -0.25) is 9.05 Å². The number of aryl methyl sites for hydroxylation is 1. The number of aromatic hydroxyl groups is 1. The Balaban J connectivity index is 1.92. The van der Waals surface area contributed by atoms with E-state index < -0.39 is 19.4 Å². The predicted molar refractivity (Wildman–Crippen MR) is 163 cm³/mol. The quantitative estimate of drug-likeness (QED) is 0.0690. The summed E-state index contributed by atoms with van der Waals surface area (Å²) in [6.07, 6.45) is 13.1. The first-order chi connectivity index (χ1) is 19.5. The zero-order valence-corrected chi connectivity index (χ0v) is 26.5. The van der Waals surface area contributed by atoms with Crippen LogP contribution in [-0.2, 0) is 24.8 Å². The highest BCUT2D eigenvalue weighted by Crippen LogP contribution is 2.52. The van der Waals surface area contributed by atoms with Crippen molar-refractivity contribution in [2.45, 2.75) is 129 Å². The first kappa shape index (κ1) is 33.6. The number of phosphoric acid groups is 1. The maximum Gasteiger partial charge on any atom is 0.473 e. The van der Waals surface area contributed by atoms with Crippen molar-refractivity contribution in [2.75, 3.05) is 6.61 Å². The number of phenolic OH excluding ortho intramolecular Hbond substituents is 1. The van der Waals surface area contributed by atoms with Gasteiger partial charge in [0.2, 0.25) is 0 Å². The Hall–Kier alpha value is -1.92. The molecule has 3 atom stereocenters. The lowest BCUT2D eigenvalue weighted by Crippen LogP contribution is -2.45.